The molecule has 0 aromatic rings. The second-order valence-electron chi connectivity index (χ2n) is 28.9. The molecule has 2 unspecified atom stereocenters. The molecule has 0 aromatic carbocycles. The van der Waals surface area contributed by atoms with Gasteiger partial charge in [0.1, 0.15) is 19.3 Å². The van der Waals surface area contributed by atoms with Crippen molar-refractivity contribution in [1.29, 1.82) is 0 Å². The number of unbranched alkanes of at least 4 members (excludes halogenated alkanes) is 51. The maximum Gasteiger partial charge on any atom is 0.472 e. The fraction of sp³-hybridized carbons (Fsp3) is 0.949. The van der Waals surface area contributed by atoms with Crippen molar-refractivity contribution in [1.82, 2.24) is 0 Å². The Hall–Kier alpha value is -1.94. The highest BCUT2D eigenvalue weighted by Gasteiger charge is 2.30. The van der Waals surface area contributed by atoms with Crippen molar-refractivity contribution < 1.29 is 80.2 Å². The predicted molar refractivity (Wildman–Crippen MR) is 400 cm³/mol. The molecule has 0 amide bonds. The lowest BCUT2D eigenvalue weighted by Gasteiger charge is -2.21. The van der Waals surface area contributed by atoms with Gasteiger partial charge in [-0.25, -0.2) is 9.13 Å². The number of phosphoric acid groups is 2. The van der Waals surface area contributed by atoms with Gasteiger partial charge in [0, 0.05) is 25.7 Å². The molecule has 5 atom stereocenters. The number of aliphatic hydroxyl groups excluding tert-OH is 1. The average Bonchev–Trinajstić information content (AvgIpc) is 1.03. The number of carbonyl (C=O) groups is 4. The van der Waals surface area contributed by atoms with Crippen LogP contribution < -0.4 is 0 Å². The van der Waals surface area contributed by atoms with E-state index in [0.29, 0.717) is 25.7 Å². The molecule has 0 saturated carbocycles. The van der Waals surface area contributed by atoms with Crippen molar-refractivity contribution in [3.63, 3.8) is 0 Å². The van der Waals surface area contributed by atoms with Gasteiger partial charge < -0.3 is 33.8 Å². The zero-order valence-electron chi connectivity index (χ0n) is 63.9. The highest BCUT2D eigenvalue weighted by atomic mass is 31.2. The summed E-state index contributed by atoms with van der Waals surface area (Å²) in [6.45, 7) is 7.26. The Morgan fingerprint density at radius 1 is 0.276 bits per heavy atom. The van der Waals surface area contributed by atoms with E-state index in [1.165, 1.54) is 231 Å². The Bertz CT molecular complexity index is 1870. The third-order valence-electron chi connectivity index (χ3n) is 18.5. The number of hydrogen-bond acceptors (Lipinski definition) is 15. The van der Waals surface area contributed by atoms with Gasteiger partial charge in [-0.2, -0.15) is 0 Å². The first-order chi connectivity index (χ1) is 47.5. The zero-order valence-corrected chi connectivity index (χ0v) is 65.7. The molecule has 0 aliphatic rings. The summed E-state index contributed by atoms with van der Waals surface area (Å²) in [6, 6.07) is 0. The van der Waals surface area contributed by atoms with E-state index in [0.717, 1.165) is 109 Å². The largest absolute Gasteiger partial charge is 0.472 e. The van der Waals surface area contributed by atoms with E-state index >= 15 is 0 Å². The molecule has 0 heterocycles. The van der Waals surface area contributed by atoms with Crippen LogP contribution in [0.2, 0.25) is 0 Å². The molecule has 0 spiro atoms. The molecule has 0 rings (SSSR count). The lowest BCUT2D eigenvalue weighted by Crippen LogP contribution is -2.30. The normalized spacial score (nSPS) is 13.9. The number of carbonyl (C=O) groups excluding carboxylic acids is 4. The topological polar surface area (TPSA) is 237 Å². The fourth-order valence-electron chi connectivity index (χ4n) is 12.2. The maximum absolute atomic E-state index is 13.1. The molecular formula is C79H154O17P2. The lowest BCUT2D eigenvalue weighted by atomic mass is 10.0. The smallest absolute Gasteiger partial charge is 0.462 e. The molecule has 98 heavy (non-hydrogen) atoms. The fourth-order valence-corrected chi connectivity index (χ4v) is 13.8. The van der Waals surface area contributed by atoms with Crippen molar-refractivity contribution in [3.8, 4) is 0 Å². The monoisotopic (exact) mass is 1440 g/mol. The standard InChI is InChI=1S/C79H154O17P2/c1-6-9-12-15-18-20-22-24-26-28-30-32-34-36-38-43-48-53-58-63-77(82)90-69-75(96-78(83)64-59-54-49-44-39-37-35-33-31-29-27-25-23-21-19-16-13-10-7-2)71-94-98(87,88)92-67-73(80)66-91-97(85,86)93-70-74(68-89-76(81)62-57-52-46-17-14-11-8-3)95-79(84)65-60-55-50-45-41-40-42-47-51-56-61-72(4)5/h72-75,80H,6-71H2,1-5H3,(H,85,86)(H,87,88)/t73-,74+,75+/m0/s1. The highest BCUT2D eigenvalue weighted by molar-refractivity contribution is 7.47. The Labute approximate surface area is 600 Å². The summed E-state index contributed by atoms with van der Waals surface area (Å²) >= 11 is 0. The molecule has 0 fully saturated rings. The van der Waals surface area contributed by atoms with Gasteiger partial charge in [0.15, 0.2) is 12.2 Å². The first-order valence-electron chi connectivity index (χ1n) is 41.1. The van der Waals surface area contributed by atoms with Crippen molar-refractivity contribution in [3.05, 3.63) is 0 Å². The van der Waals surface area contributed by atoms with Gasteiger partial charge >= 0.3 is 39.5 Å². The van der Waals surface area contributed by atoms with Crippen LogP contribution in [0.1, 0.15) is 420 Å². The number of phosphoric ester groups is 2. The van der Waals surface area contributed by atoms with Crippen LogP contribution in [0.5, 0.6) is 0 Å². The first-order valence-corrected chi connectivity index (χ1v) is 44.1. The van der Waals surface area contributed by atoms with Crippen molar-refractivity contribution in [2.24, 2.45) is 5.92 Å². The van der Waals surface area contributed by atoms with Crippen LogP contribution in [0.15, 0.2) is 0 Å². The van der Waals surface area contributed by atoms with E-state index in [1.54, 1.807) is 0 Å². The van der Waals surface area contributed by atoms with Gasteiger partial charge in [-0.15, -0.1) is 0 Å². The predicted octanol–water partition coefficient (Wildman–Crippen LogP) is 23.6. The summed E-state index contributed by atoms with van der Waals surface area (Å²) in [5.41, 5.74) is 0. The SMILES string of the molecule is CCCCCCCCCCCCCCCCCCCCCC(=O)OC[C@H](COP(=O)(O)OC[C@@H](O)COP(=O)(O)OC[C@@H](COC(=O)CCCCCCCCC)OC(=O)CCCCCCCCCCCCC(C)C)OC(=O)CCCCCCCCCCCCCCCCCCCCC. The van der Waals surface area contributed by atoms with Crippen LogP contribution in [0.4, 0.5) is 0 Å². The molecule has 17 nitrogen and oxygen atoms in total. The van der Waals surface area contributed by atoms with Crippen LogP contribution in [0.25, 0.3) is 0 Å². The molecule has 582 valence electrons. The molecule has 19 heteroatoms. The molecular weight excluding hydrogens is 1280 g/mol. The summed E-state index contributed by atoms with van der Waals surface area (Å²) in [6.07, 6.45) is 62.7. The van der Waals surface area contributed by atoms with E-state index in [9.17, 15) is 43.2 Å². The van der Waals surface area contributed by atoms with Crippen LogP contribution in [0.3, 0.4) is 0 Å². The van der Waals surface area contributed by atoms with Crippen LogP contribution in [0, 0.1) is 5.92 Å². The second kappa shape index (κ2) is 72.0. The third-order valence-corrected chi connectivity index (χ3v) is 20.4. The number of ether oxygens (including phenoxy) is 4. The molecule has 0 saturated heterocycles. The molecule has 0 aromatic heterocycles. The van der Waals surface area contributed by atoms with Gasteiger partial charge in [0.05, 0.1) is 26.4 Å². The molecule has 0 radical (unpaired) electrons. The summed E-state index contributed by atoms with van der Waals surface area (Å²) in [5, 5.41) is 10.6. The van der Waals surface area contributed by atoms with Gasteiger partial charge in [0.2, 0.25) is 0 Å². The van der Waals surface area contributed by atoms with Gasteiger partial charge in [-0.05, 0) is 31.6 Å². The number of hydrogen-bond donors (Lipinski definition) is 3. The van der Waals surface area contributed by atoms with Crippen molar-refractivity contribution in [2.75, 3.05) is 39.6 Å². The highest BCUT2D eigenvalue weighted by Crippen LogP contribution is 2.45. The average molecular weight is 1440 g/mol. The van der Waals surface area contributed by atoms with Crippen LogP contribution in [-0.4, -0.2) is 96.7 Å². The van der Waals surface area contributed by atoms with Crippen molar-refractivity contribution in [2.45, 2.75) is 438 Å². The quantitative estimate of drug-likeness (QED) is 0.0222. The molecule has 0 aliphatic heterocycles. The van der Waals surface area contributed by atoms with Gasteiger partial charge in [-0.3, -0.25) is 37.3 Å². The number of aliphatic hydroxyl groups is 1. The van der Waals surface area contributed by atoms with Crippen molar-refractivity contribution >= 4 is 39.5 Å². The minimum absolute atomic E-state index is 0.106. The van der Waals surface area contributed by atoms with E-state index in [1.807, 2.05) is 0 Å². The summed E-state index contributed by atoms with van der Waals surface area (Å²) in [5.74, 6) is -1.36. The molecule has 0 aliphatic carbocycles. The maximum atomic E-state index is 13.1. The Balaban J connectivity index is 5.17. The summed E-state index contributed by atoms with van der Waals surface area (Å²) < 4.78 is 68.5. The van der Waals surface area contributed by atoms with E-state index in [4.69, 9.17) is 37.0 Å². The molecule has 3 N–H and O–H groups in total. The van der Waals surface area contributed by atoms with E-state index < -0.39 is 97.5 Å². The Morgan fingerprint density at radius 2 is 0.469 bits per heavy atom. The second-order valence-corrected chi connectivity index (χ2v) is 31.8. The minimum Gasteiger partial charge on any atom is -0.462 e. The summed E-state index contributed by atoms with van der Waals surface area (Å²) in [4.78, 5) is 72.8. The summed E-state index contributed by atoms with van der Waals surface area (Å²) in [7, 11) is -9.91. The van der Waals surface area contributed by atoms with Crippen LogP contribution in [-0.2, 0) is 65.4 Å². The van der Waals surface area contributed by atoms with E-state index in [-0.39, 0.29) is 25.7 Å². The van der Waals surface area contributed by atoms with Gasteiger partial charge in [-0.1, -0.05) is 369 Å². The number of esters is 4. The number of rotatable bonds is 79. The van der Waals surface area contributed by atoms with Gasteiger partial charge in [0.25, 0.3) is 0 Å². The Morgan fingerprint density at radius 3 is 0.694 bits per heavy atom. The first kappa shape index (κ1) is 96.1. The van der Waals surface area contributed by atoms with Crippen LogP contribution >= 0.6 is 15.6 Å². The van der Waals surface area contributed by atoms with E-state index in [2.05, 4.69) is 34.6 Å². The Kier molecular flexibility index (Phi) is 70.6. The zero-order chi connectivity index (χ0) is 71.9. The third kappa shape index (κ3) is 72.4. The molecule has 0 bridgehead atoms. The minimum atomic E-state index is -4.96. The lowest BCUT2D eigenvalue weighted by molar-refractivity contribution is -0.161.